The molecule has 0 spiro atoms. The summed E-state index contributed by atoms with van der Waals surface area (Å²) in [6.45, 7) is 4.09. The van der Waals surface area contributed by atoms with Crippen LogP contribution in [0, 0.1) is 5.92 Å². The lowest BCUT2D eigenvalue weighted by molar-refractivity contribution is 0.442. The first kappa shape index (κ1) is 10.1. The number of nitrogens with two attached hydrogens (primary N) is 1. The first-order valence-electron chi connectivity index (χ1n) is 4.63. The van der Waals surface area contributed by atoms with E-state index in [4.69, 9.17) is 5.73 Å². The summed E-state index contributed by atoms with van der Waals surface area (Å²) in [4.78, 5) is 0. The summed E-state index contributed by atoms with van der Waals surface area (Å²) in [5.41, 5.74) is 6.73. The summed E-state index contributed by atoms with van der Waals surface area (Å²) in [5.74, 6) is 0.767. The van der Waals surface area contributed by atoms with Crippen molar-refractivity contribution in [2.75, 3.05) is 0 Å². The Hall–Kier alpha value is -1.02. The normalized spacial score (nSPS) is 15.3. The Kier molecular flexibility index (Phi) is 3.32. The van der Waals surface area contributed by atoms with E-state index in [0.717, 1.165) is 12.0 Å². The van der Waals surface area contributed by atoms with E-state index in [1.54, 1.807) is 6.07 Å². The molecule has 2 unspecified atom stereocenters. The highest BCUT2D eigenvalue weighted by atomic mass is 16.3. The summed E-state index contributed by atoms with van der Waals surface area (Å²) in [6.07, 6.45) is 0.838. The van der Waals surface area contributed by atoms with Gasteiger partial charge in [-0.1, -0.05) is 25.1 Å². The van der Waals surface area contributed by atoms with Gasteiger partial charge in [0, 0.05) is 6.04 Å². The van der Waals surface area contributed by atoms with Crippen molar-refractivity contribution in [3.63, 3.8) is 0 Å². The number of phenols is 1. The maximum Gasteiger partial charge on any atom is 0.118 e. The van der Waals surface area contributed by atoms with E-state index in [-0.39, 0.29) is 6.04 Å². The molecule has 1 aromatic rings. The fraction of sp³-hybridized carbons (Fsp3) is 0.455. The molecule has 0 aliphatic heterocycles. The van der Waals surface area contributed by atoms with Crippen LogP contribution in [0.2, 0.25) is 0 Å². The van der Waals surface area contributed by atoms with E-state index in [9.17, 15) is 5.11 Å². The molecule has 1 rings (SSSR count). The van der Waals surface area contributed by atoms with Gasteiger partial charge in [0.1, 0.15) is 5.75 Å². The smallest absolute Gasteiger partial charge is 0.118 e. The number of rotatable bonds is 3. The molecule has 0 bridgehead atoms. The van der Waals surface area contributed by atoms with Crippen molar-refractivity contribution >= 4 is 0 Å². The second-order valence-electron chi connectivity index (χ2n) is 3.67. The zero-order chi connectivity index (χ0) is 9.84. The van der Waals surface area contributed by atoms with E-state index in [1.807, 2.05) is 25.1 Å². The van der Waals surface area contributed by atoms with Crippen LogP contribution in [0.5, 0.6) is 5.75 Å². The van der Waals surface area contributed by atoms with Crippen molar-refractivity contribution in [2.24, 2.45) is 11.7 Å². The molecule has 0 saturated carbocycles. The topological polar surface area (TPSA) is 46.2 Å². The highest BCUT2D eigenvalue weighted by molar-refractivity contribution is 5.32. The van der Waals surface area contributed by atoms with Gasteiger partial charge in [0.05, 0.1) is 0 Å². The fourth-order valence-electron chi connectivity index (χ4n) is 1.22. The van der Waals surface area contributed by atoms with Crippen LogP contribution in [0.4, 0.5) is 0 Å². The van der Waals surface area contributed by atoms with E-state index < -0.39 is 0 Å². The van der Waals surface area contributed by atoms with E-state index >= 15 is 0 Å². The van der Waals surface area contributed by atoms with Crippen molar-refractivity contribution < 1.29 is 5.11 Å². The SMILES string of the molecule is CC(N)C(C)Cc1ccccc1O. The van der Waals surface area contributed by atoms with Crippen molar-refractivity contribution in [3.8, 4) is 5.75 Å². The number of phenolic OH excluding ortho intramolecular Hbond substituents is 1. The van der Waals surface area contributed by atoms with Gasteiger partial charge in [0.2, 0.25) is 0 Å². The molecule has 0 aliphatic carbocycles. The van der Waals surface area contributed by atoms with Gasteiger partial charge >= 0.3 is 0 Å². The van der Waals surface area contributed by atoms with Gasteiger partial charge in [-0.15, -0.1) is 0 Å². The van der Waals surface area contributed by atoms with E-state index in [1.165, 1.54) is 0 Å². The van der Waals surface area contributed by atoms with Gasteiger partial charge in [-0.3, -0.25) is 0 Å². The average Bonchev–Trinajstić information content (AvgIpc) is 2.08. The Labute approximate surface area is 79.4 Å². The molecule has 0 aliphatic rings. The summed E-state index contributed by atoms with van der Waals surface area (Å²) >= 11 is 0. The first-order chi connectivity index (χ1) is 6.11. The lowest BCUT2D eigenvalue weighted by Crippen LogP contribution is -2.25. The first-order valence-corrected chi connectivity index (χ1v) is 4.63. The average molecular weight is 179 g/mol. The number of para-hydroxylation sites is 1. The monoisotopic (exact) mass is 179 g/mol. The van der Waals surface area contributed by atoms with Crippen molar-refractivity contribution in [3.05, 3.63) is 29.8 Å². The third kappa shape index (κ3) is 2.74. The zero-order valence-electron chi connectivity index (χ0n) is 8.20. The predicted molar refractivity (Wildman–Crippen MR) is 54.6 cm³/mol. The molecule has 2 atom stereocenters. The minimum Gasteiger partial charge on any atom is -0.508 e. The number of benzene rings is 1. The molecule has 0 fully saturated rings. The van der Waals surface area contributed by atoms with Crippen molar-refractivity contribution in [2.45, 2.75) is 26.3 Å². The Morgan fingerprint density at radius 3 is 2.46 bits per heavy atom. The second kappa shape index (κ2) is 4.28. The number of aromatic hydroxyl groups is 1. The molecule has 0 heterocycles. The minimum absolute atomic E-state index is 0.166. The maximum atomic E-state index is 9.50. The van der Waals surface area contributed by atoms with Crippen LogP contribution in [-0.4, -0.2) is 11.1 Å². The van der Waals surface area contributed by atoms with Crippen LogP contribution in [-0.2, 0) is 6.42 Å². The van der Waals surface area contributed by atoms with E-state index in [2.05, 4.69) is 6.92 Å². The molecule has 0 saturated heterocycles. The minimum atomic E-state index is 0.166. The van der Waals surface area contributed by atoms with Crippen molar-refractivity contribution in [1.29, 1.82) is 0 Å². The number of hydrogen-bond acceptors (Lipinski definition) is 2. The lowest BCUT2D eigenvalue weighted by atomic mass is 9.95. The fourth-order valence-corrected chi connectivity index (χ4v) is 1.22. The van der Waals surface area contributed by atoms with Crippen LogP contribution in [0.25, 0.3) is 0 Å². The molecule has 72 valence electrons. The van der Waals surface area contributed by atoms with Gasteiger partial charge in [-0.05, 0) is 30.9 Å². The van der Waals surface area contributed by atoms with Gasteiger partial charge in [-0.2, -0.15) is 0 Å². The highest BCUT2D eigenvalue weighted by Crippen LogP contribution is 2.20. The Morgan fingerprint density at radius 2 is 1.92 bits per heavy atom. The quantitative estimate of drug-likeness (QED) is 0.744. The molecule has 0 aromatic heterocycles. The Balaban J connectivity index is 2.69. The number of hydrogen-bond donors (Lipinski definition) is 2. The summed E-state index contributed by atoms with van der Waals surface area (Å²) in [7, 11) is 0. The lowest BCUT2D eigenvalue weighted by Gasteiger charge is -2.15. The largest absolute Gasteiger partial charge is 0.508 e. The Bertz CT molecular complexity index is 271. The zero-order valence-corrected chi connectivity index (χ0v) is 8.20. The van der Waals surface area contributed by atoms with Crippen LogP contribution < -0.4 is 5.73 Å². The van der Waals surface area contributed by atoms with Gasteiger partial charge in [0.25, 0.3) is 0 Å². The molecule has 2 heteroatoms. The molecule has 0 amide bonds. The second-order valence-corrected chi connectivity index (χ2v) is 3.67. The molecule has 1 aromatic carbocycles. The molecule has 13 heavy (non-hydrogen) atoms. The molecular weight excluding hydrogens is 162 g/mol. The van der Waals surface area contributed by atoms with Crippen LogP contribution in [0.15, 0.2) is 24.3 Å². The summed E-state index contributed by atoms with van der Waals surface area (Å²) in [6, 6.07) is 7.58. The standard InChI is InChI=1S/C11H17NO/c1-8(9(2)12)7-10-5-3-4-6-11(10)13/h3-6,8-9,13H,7,12H2,1-2H3. The highest BCUT2D eigenvalue weighted by Gasteiger charge is 2.10. The molecule has 2 nitrogen and oxygen atoms in total. The predicted octanol–water partition coefficient (Wildman–Crippen LogP) is 1.92. The summed E-state index contributed by atoms with van der Waals surface area (Å²) in [5, 5.41) is 9.50. The third-order valence-corrected chi connectivity index (χ3v) is 2.43. The Morgan fingerprint density at radius 1 is 1.31 bits per heavy atom. The third-order valence-electron chi connectivity index (χ3n) is 2.43. The van der Waals surface area contributed by atoms with Gasteiger partial charge in [-0.25, -0.2) is 0 Å². The van der Waals surface area contributed by atoms with E-state index in [0.29, 0.717) is 11.7 Å². The van der Waals surface area contributed by atoms with Crippen LogP contribution >= 0.6 is 0 Å². The molecule has 0 radical (unpaired) electrons. The van der Waals surface area contributed by atoms with Crippen LogP contribution in [0.1, 0.15) is 19.4 Å². The molecular formula is C11H17NO. The van der Waals surface area contributed by atoms with Crippen LogP contribution in [0.3, 0.4) is 0 Å². The van der Waals surface area contributed by atoms with Crippen molar-refractivity contribution in [1.82, 2.24) is 0 Å². The van der Waals surface area contributed by atoms with Gasteiger partial charge < -0.3 is 10.8 Å². The maximum absolute atomic E-state index is 9.50. The molecule has 3 N–H and O–H groups in total. The summed E-state index contributed by atoms with van der Waals surface area (Å²) < 4.78 is 0. The van der Waals surface area contributed by atoms with Gasteiger partial charge in [0.15, 0.2) is 0 Å².